The number of aromatic nitrogens is 3. The van der Waals surface area contributed by atoms with Crippen LogP contribution in [0.2, 0.25) is 5.02 Å². The van der Waals surface area contributed by atoms with Crippen molar-refractivity contribution in [3.05, 3.63) is 50.9 Å². The number of furan rings is 1. The van der Waals surface area contributed by atoms with Gasteiger partial charge in [0.15, 0.2) is 12.4 Å². The highest BCUT2D eigenvalue weighted by Crippen LogP contribution is 2.28. The van der Waals surface area contributed by atoms with E-state index < -0.39 is 11.7 Å². The zero-order chi connectivity index (χ0) is 15.0. The van der Waals surface area contributed by atoms with Gasteiger partial charge in [0.1, 0.15) is 5.58 Å². The Bertz CT molecular complexity index is 877. The molecule has 1 aromatic carbocycles. The number of nitrogens with zero attached hydrogens (tertiary/aromatic N) is 1. The number of fused-ring (bicyclic) bond motifs is 1. The molecule has 0 unspecified atom stereocenters. The molecule has 3 rings (SSSR count). The molecule has 0 aliphatic rings. The van der Waals surface area contributed by atoms with E-state index in [1.165, 1.54) is 0 Å². The van der Waals surface area contributed by atoms with E-state index in [1.54, 1.807) is 25.1 Å². The smallest absolute Gasteiger partial charge is 0.375 e. The number of benzene rings is 1. The molecule has 0 amide bonds. The first kappa shape index (κ1) is 13.4. The molecule has 108 valence electrons. The lowest BCUT2D eigenvalue weighted by molar-refractivity contribution is 0.0427. The van der Waals surface area contributed by atoms with Gasteiger partial charge in [0.05, 0.1) is 0 Å². The number of aromatic amines is 2. The van der Waals surface area contributed by atoms with Crippen molar-refractivity contribution in [2.45, 2.75) is 13.5 Å². The van der Waals surface area contributed by atoms with Crippen LogP contribution in [0.25, 0.3) is 11.0 Å². The molecule has 0 spiro atoms. The number of ether oxygens (including phenoxy) is 1. The Labute approximate surface area is 122 Å². The number of carbonyl (C=O) groups excluding carboxylic acids is 1. The van der Waals surface area contributed by atoms with Crippen molar-refractivity contribution in [2.24, 2.45) is 0 Å². The van der Waals surface area contributed by atoms with Gasteiger partial charge in [-0.15, -0.1) is 0 Å². The van der Waals surface area contributed by atoms with Crippen LogP contribution in [0.3, 0.4) is 0 Å². The van der Waals surface area contributed by atoms with Crippen LogP contribution in [0.4, 0.5) is 0 Å². The maximum Gasteiger partial charge on any atom is 0.375 e. The van der Waals surface area contributed by atoms with Gasteiger partial charge in [-0.1, -0.05) is 11.6 Å². The van der Waals surface area contributed by atoms with Crippen molar-refractivity contribution < 1.29 is 13.9 Å². The topological polar surface area (TPSA) is 101 Å². The van der Waals surface area contributed by atoms with E-state index in [4.69, 9.17) is 20.8 Å². The number of hydrogen-bond donors (Lipinski definition) is 2. The fourth-order valence-electron chi connectivity index (χ4n) is 1.96. The van der Waals surface area contributed by atoms with Crippen LogP contribution in [0.15, 0.2) is 27.4 Å². The molecule has 3 aromatic rings. The van der Waals surface area contributed by atoms with Gasteiger partial charge in [0, 0.05) is 16.0 Å². The molecule has 8 heteroatoms. The Balaban J connectivity index is 1.84. The Kier molecular flexibility index (Phi) is 3.26. The number of carbonyl (C=O) groups is 1. The predicted octanol–water partition coefficient (Wildman–Crippen LogP) is 2.16. The predicted molar refractivity (Wildman–Crippen MR) is 74.3 cm³/mol. The highest BCUT2D eigenvalue weighted by atomic mass is 35.5. The SMILES string of the molecule is Cc1c(C(=O)OCc2n[nH]c(=O)[nH]2)oc2ccc(Cl)cc12. The summed E-state index contributed by atoms with van der Waals surface area (Å²) in [7, 11) is 0. The first-order chi connectivity index (χ1) is 10.0. The summed E-state index contributed by atoms with van der Waals surface area (Å²) in [4.78, 5) is 25.3. The Morgan fingerprint density at radius 3 is 3.00 bits per heavy atom. The molecule has 0 atom stereocenters. The highest BCUT2D eigenvalue weighted by Gasteiger charge is 2.19. The average Bonchev–Trinajstić information content (AvgIpc) is 3.01. The fourth-order valence-corrected chi connectivity index (χ4v) is 2.13. The minimum absolute atomic E-state index is 0.102. The van der Waals surface area contributed by atoms with Crippen molar-refractivity contribution in [3.8, 4) is 0 Å². The molecule has 2 heterocycles. The minimum Gasteiger partial charge on any atom is -0.452 e. The number of halogens is 1. The monoisotopic (exact) mass is 307 g/mol. The molecule has 0 saturated heterocycles. The normalized spacial score (nSPS) is 11.0. The van der Waals surface area contributed by atoms with E-state index in [9.17, 15) is 9.59 Å². The molecule has 2 aromatic heterocycles. The molecule has 0 aliphatic heterocycles. The third kappa shape index (κ3) is 2.55. The largest absolute Gasteiger partial charge is 0.452 e. The quantitative estimate of drug-likeness (QED) is 0.722. The van der Waals surface area contributed by atoms with Crippen molar-refractivity contribution in [1.29, 1.82) is 0 Å². The Hall–Kier alpha value is -2.54. The fraction of sp³-hybridized carbons (Fsp3) is 0.154. The first-order valence-electron chi connectivity index (χ1n) is 6.04. The average molecular weight is 308 g/mol. The van der Waals surface area contributed by atoms with E-state index in [0.29, 0.717) is 16.2 Å². The summed E-state index contributed by atoms with van der Waals surface area (Å²) in [5.74, 6) is -0.307. The van der Waals surface area contributed by atoms with Crippen LogP contribution >= 0.6 is 11.6 Å². The number of nitrogens with one attached hydrogen (secondary N) is 2. The van der Waals surface area contributed by atoms with Gasteiger partial charge >= 0.3 is 11.7 Å². The maximum absolute atomic E-state index is 12.0. The number of esters is 1. The van der Waals surface area contributed by atoms with E-state index in [2.05, 4.69) is 15.2 Å². The van der Waals surface area contributed by atoms with Gasteiger partial charge in [0.2, 0.25) is 5.76 Å². The summed E-state index contributed by atoms with van der Waals surface area (Å²) in [6.07, 6.45) is 0. The summed E-state index contributed by atoms with van der Waals surface area (Å²) in [5.41, 5.74) is 0.737. The molecule has 0 radical (unpaired) electrons. The van der Waals surface area contributed by atoms with Crippen LogP contribution < -0.4 is 5.69 Å². The van der Waals surface area contributed by atoms with E-state index in [0.717, 1.165) is 5.39 Å². The lowest BCUT2D eigenvalue weighted by Gasteiger charge is -2.00. The molecule has 0 fully saturated rings. The third-order valence-electron chi connectivity index (χ3n) is 2.97. The molecule has 0 aliphatic carbocycles. The number of H-pyrrole nitrogens is 2. The second-order valence-corrected chi connectivity index (χ2v) is 4.83. The molecule has 2 N–H and O–H groups in total. The van der Waals surface area contributed by atoms with Crippen LogP contribution in [0, 0.1) is 6.92 Å². The third-order valence-corrected chi connectivity index (χ3v) is 3.21. The molecular weight excluding hydrogens is 298 g/mol. The van der Waals surface area contributed by atoms with Crippen LogP contribution in [-0.2, 0) is 11.3 Å². The van der Waals surface area contributed by atoms with Crippen molar-refractivity contribution in [3.63, 3.8) is 0 Å². The molecule has 7 nitrogen and oxygen atoms in total. The minimum atomic E-state index is -0.635. The highest BCUT2D eigenvalue weighted by molar-refractivity contribution is 6.31. The lowest BCUT2D eigenvalue weighted by Crippen LogP contribution is -2.07. The van der Waals surface area contributed by atoms with Gasteiger partial charge < -0.3 is 9.15 Å². The van der Waals surface area contributed by atoms with Crippen LogP contribution in [-0.4, -0.2) is 21.2 Å². The van der Waals surface area contributed by atoms with Crippen molar-refractivity contribution >= 4 is 28.5 Å². The zero-order valence-electron chi connectivity index (χ0n) is 10.9. The van der Waals surface area contributed by atoms with Crippen LogP contribution in [0.1, 0.15) is 21.9 Å². The molecule has 0 bridgehead atoms. The summed E-state index contributed by atoms with van der Waals surface area (Å²) in [6, 6.07) is 5.08. The number of rotatable bonds is 3. The van der Waals surface area contributed by atoms with Gasteiger partial charge in [-0.2, -0.15) is 5.10 Å². The van der Waals surface area contributed by atoms with Gasteiger partial charge in [-0.05, 0) is 25.1 Å². The van der Waals surface area contributed by atoms with Crippen LogP contribution in [0.5, 0.6) is 0 Å². The second-order valence-electron chi connectivity index (χ2n) is 4.40. The number of aryl methyl sites for hydroxylation is 1. The maximum atomic E-state index is 12.0. The van der Waals surface area contributed by atoms with Gasteiger partial charge in [-0.25, -0.2) is 14.7 Å². The summed E-state index contributed by atoms with van der Waals surface area (Å²) >= 11 is 5.92. The van der Waals surface area contributed by atoms with Crippen molar-refractivity contribution in [1.82, 2.24) is 15.2 Å². The van der Waals surface area contributed by atoms with Crippen molar-refractivity contribution in [2.75, 3.05) is 0 Å². The summed E-state index contributed by atoms with van der Waals surface area (Å²) < 4.78 is 10.5. The molecule has 0 saturated carbocycles. The van der Waals surface area contributed by atoms with E-state index in [-0.39, 0.29) is 18.2 Å². The molecule has 21 heavy (non-hydrogen) atoms. The Morgan fingerprint density at radius 1 is 1.48 bits per heavy atom. The summed E-state index contributed by atoms with van der Waals surface area (Å²) in [5, 5.41) is 7.13. The number of hydrogen-bond acceptors (Lipinski definition) is 5. The van der Waals surface area contributed by atoms with Gasteiger partial charge in [-0.3, -0.25) is 4.98 Å². The zero-order valence-corrected chi connectivity index (χ0v) is 11.7. The Morgan fingerprint density at radius 2 is 2.29 bits per heavy atom. The second kappa shape index (κ2) is 5.10. The standard InChI is InChI=1S/C13H10ClN3O4/c1-6-8-4-7(14)2-3-9(8)21-11(6)12(18)20-5-10-15-13(19)17-16-10/h2-4H,5H2,1H3,(H2,15,16,17,19). The van der Waals surface area contributed by atoms with Gasteiger partial charge in [0.25, 0.3) is 0 Å². The first-order valence-corrected chi connectivity index (χ1v) is 6.42. The van der Waals surface area contributed by atoms with E-state index in [1.807, 2.05) is 0 Å². The van der Waals surface area contributed by atoms with E-state index >= 15 is 0 Å². The lowest BCUT2D eigenvalue weighted by atomic mass is 10.1. The summed E-state index contributed by atoms with van der Waals surface area (Å²) in [6.45, 7) is 1.59. The molecular formula is C13H10ClN3O4.